The summed E-state index contributed by atoms with van der Waals surface area (Å²) in [5.41, 5.74) is 5.01. The molecular formula is C8H15N3O3. The van der Waals surface area contributed by atoms with E-state index in [1.165, 1.54) is 25.8 Å². The van der Waals surface area contributed by atoms with Gasteiger partial charge in [-0.05, 0) is 13.0 Å². The lowest BCUT2D eigenvalue weighted by Gasteiger charge is -1.94. The quantitative estimate of drug-likeness (QED) is 0.261. The number of allylic oxidation sites excluding steroid dienone is 1. The van der Waals surface area contributed by atoms with Gasteiger partial charge in [0.1, 0.15) is 6.26 Å². The zero-order chi connectivity index (χ0) is 10.5. The predicted octanol–water partition coefficient (Wildman–Crippen LogP) is 0.666. The van der Waals surface area contributed by atoms with Crippen LogP contribution in [0.4, 0.5) is 0 Å². The number of hydrogen-bond donors (Lipinski definition) is 2. The largest absolute Gasteiger partial charge is 0.363 e. The van der Waals surface area contributed by atoms with Crippen LogP contribution in [0.25, 0.3) is 0 Å². The molecule has 0 fully saturated rings. The van der Waals surface area contributed by atoms with Crippen LogP contribution in [-0.4, -0.2) is 19.9 Å². The molecule has 0 amide bonds. The first-order valence-electron chi connectivity index (χ1n) is 4.07. The van der Waals surface area contributed by atoms with Crippen molar-refractivity contribution >= 4 is 6.21 Å². The maximum absolute atomic E-state index is 4.78. The van der Waals surface area contributed by atoms with Gasteiger partial charge in [0, 0.05) is 6.20 Å². The van der Waals surface area contributed by atoms with Gasteiger partial charge in [-0.15, -0.1) is 0 Å². The molecule has 0 bridgehead atoms. The van der Waals surface area contributed by atoms with Gasteiger partial charge >= 0.3 is 0 Å². The Bertz CT molecular complexity index is 192. The Morgan fingerprint density at radius 2 is 2.14 bits per heavy atom. The summed E-state index contributed by atoms with van der Waals surface area (Å²) in [4.78, 5) is 14.0. The highest BCUT2D eigenvalue weighted by molar-refractivity contribution is 5.70. The molecule has 0 spiro atoms. The molecule has 80 valence electrons. The first-order valence-corrected chi connectivity index (χ1v) is 4.07. The molecule has 0 unspecified atom stereocenters. The normalized spacial score (nSPS) is 11.6. The summed E-state index contributed by atoms with van der Waals surface area (Å²) in [6.45, 7) is 2.45. The fourth-order valence-electron chi connectivity index (χ4n) is 0.445. The van der Waals surface area contributed by atoms with Crippen LogP contribution >= 0.6 is 0 Å². The van der Waals surface area contributed by atoms with Crippen LogP contribution in [0.3, 0.4) is 0 Å². The average molecular weight is 201 g/mol. The number of oxime groups is 1. The molecule has 0 radical (unpaired) electrons. The minimum absolute atomic E-state index is 0.582. The maximum Gasteiger partial charge on any atom is 0.140 e. The average Bonchev–Trinajstić information content (AvgIpc) is 2.21. The number of hydroxylamine groups is 2. The van der Waals surface area contributed by atoms with Crippen LogP contribution < -0.4 is 11.0 Å². The molecule has 0 rings (SSSR count). The van der Waals surface area contributed by atoms with E-state index in [2.05, 4.69) is 25.8 Å². The Labute approximate surface area is 83.1 Å². The second kappa shape index (κ2) is 11.5. The highest BCUT2D eigenvalue weighted by Gasteiger charge is 1.72. The van der Waals surface area contributed by atoms with Crippen LogP contribution in [0.5, 0.6) is 0 Å². The summed E-state index contributed by atoms with van der Waals surface area (Å²) >= 11 is 0. The third-order valence-corrected chi connectivity index (χ3v) is 0.915. The van der Waals surface area contributed by atoms with Crippen molar-refractivity contribution in [3.05, 3.63) is 24.7 Å². The molecule has 0 saturated carbocycles. The van der Waals surface area contributed by atoms with Crippen molar-refractivity contribution in [3.8, 4) is 0 Å². The van der Waals surface area contributed by atoms with Crippen molar-refractivity contribution in [3.63, 3.8) is 0 Å². The SMILES string of the molecule is CCON/C=C/ON=CC=CNOC. The zero-order valence-corrected chi connectivity index (χ0v) is 8.27. The van der Waals surface area contributed by atoms with Gasteiger partial charge in [-0.1, -0.05) is 5.16 Å². The van der Waals surface area contributed by atoms with E-state index in [1.54, 1.807) is 12.3 Å². The molecule has 0 aliphatic rings. The van der Waals surface area contributed by atoms with Crippen LogP contribution in [0.2, 0.25) is 0 Å². The minimum Gasteiger partial charge on any atom is -0.363 e. The molecule has 2 N–H and O–H groups in total. The smallest absolute Gasteiger partial charge is 0.140 e. The summed E-state index contributed by atoms with van der Waals surface area (Å²) in [7, 11) is 1.51. The second-order valence-corrected chi connectivity index (χ2v) is 1.89. The molecule has 0 aromatic rings. The minimum atomic E-state index is 0.582. The number of rotatable bonds is 8. The van der Waals surface area contributed by atoms with E-state index in [9.17, 15) is 0 Å². The van der Waals surface area contributed by atoms with Crippen molar-refractivity contribution in [1.29, 1.82) is 0 Å². The number of nitrogens with one attached hydrogen (secondary N) is 2. The van der Waals surface area contributed by atoms with E-state index in [-0.39, 0.29) is 0 Å². The van der Waals surface area contributed by atoms with Crippen molar-refractivity contribution in [2.45, 2.75) is 6.92 Å². The van der Waals surface area contributed by atoms with E-state index >= 15 is 0 Å². The molecular weight excluding hydrogens is 186 g/mol. The van der Waals surface area contributed by atoms with Crippen molar-refractivity contribution < 1.29 is 14.5 Å². The van der Waals surface area contributed by atoms with Gasteiger partial charge < -0.3 is 4.84 Å². The monoisotopic (exact) mass is 201 g/mol. The summed E-state index contributed by atoms with van der Waals surface area (Å²) < 4.78 is 0. The maximum atomic E-state index is 4.78. The molecule has 14 heavy (non-hydrogen) atoms. The van der Waals surface area contributed by atoms with Gasteiger partial charge in [-0.2, -0.15) is 0 Å². The van der Waals surface area contributed by atoms with E-state index in [1.807, 2.05) is 6.92 Å². The van der Waals surface area contributed by atoms with E-state index in [0.717, 1.165) is 0 Å². The van der Waals surface area contributed by atoms with Gasteiger partial charge in [0.15, 0.2) is 0 Å². The number of hydrogen-bond acceptors (Lipinski definition) is 6. The standard InChI is InChI=1S/C8H15N3O3/c1-3-13-11-7-8-14-10-6-4-5-9-12-2/h4-9,11H,3H2,1-2H3/b5-4?,8-7+,10-6?. The lowest BCUT2D eigenvalue weighted by atomic mass is 10.7. The molecule has 0 aliphatic heterocycles. The predicted molar refractivity (Wildman–Crippen MR) is 52.8 cm³/mol. The summed E-state index contributed by atoms with van der Waals surface area (Å²) in [5, 5.41) is 3.55. The molecule has 0 aromatic carbocycles. The summed E-state index contributed by atoms with van der Waals surface area (Å²) in [6.07, 6.45) is 7.47. The van der Waals surface area contributed by atoms with E-state index < -0.39 is 0 Å². The summed E-state index contributed by atoms with van der Waals surface area (Å²) in [5.74, 6) is 0. The van der Waals surface area contributed by atoms with Crippen molar-refractivity contribution in [1.82, 2.24) is 11.0 Å². The van der Waals surface area contributed by atoms with Crippen LogP contribution in [-0.2, 0) is 14.5 Å². The molecule has 6 heteroatoms. The fraction of sp³-hybridized carbons (Fsp3) is 0.375. The first-order chi connectivity index (χ1) is 6.91. The molecule has 0 heterocycles. The fourth-order valence-corrected chi connectivity index (χ4v) is 0.445. The van der Waals surface area contributed by atoms with Gasteiger partial charge in [0.05, 0.1) is 26.1 Å². The van der Waals surface area contributed by atoms with Crippen LogP contribution in [0.1, 0.15) is 6.92 Å². The van der Waals surface area contributed by atoms with Crippen LogP contribution in [0.15, 0.2) is 29.9 Å². The topological polar surface area (TPSA) is 64.1 Å². The summed E-state index contributed by atoms with van der Waals surface area (Å²) in [6, 6.07) is 0. The molecule has 0 aliphatic carbocycles. The molecule has 0 aromatic heterocycles. The Morgan fingerprint density at radius 1 is 1.29 bits per heavy atom. The van der Waals surface area contributed by atoms with Gasteiger partial charge in [0.25, 0.3) is 0 Å². The Hall–Kier alpha value is -1.53. The highest BCUT2D eigenvalue weighted by Crippen LogP contribution is 1.76. The lowest BCUT2D eigenvalue weighted by Crippen LogP contribution is -2.04. The third-order valence-electron chi connectivity index (χ3n) is 0.915. The molecule has 0 atom stereocenters. The van der Waals surface area contributed by atoms with Crippen molar-refractivity contribution in [2.75, 3.05) is 13.7 Å². The third kappa shape index (κ3) is 10.5. The second-order valence-electron chi connectivity index (χ2n) is 1.89. The van der Waals surface area contributed by atoms with E-state index in [4.69, 9.17) is 4.84 Å². The first kappa shape index (κ1) is 12.5. The zero-order valence-electron chi connectivity index (χ0n) is 8.27. The van der Waals surface area contributed by atoms with Gasteiger partial charge in [-0.3, -0.25) is 20.6 Å². The lowest BCUT2D eigenvalue weighted by molar-refractivity contribution is 0.0798. The molecule has 0 saturated heterocycles. The highest BCUT2D eigenvalue weighted by atomic mass is 16.6. The van der Waals surface area contributed by atoms with Gasteiger partial charge in [0.2, 0.25) is 0 Å². The van der Waals surface area contributed by atoms with Crippen LogP contribution in [0, 0.1) is 0 Å². The number of nitrogens with zero attached hydrogens (tertiary/aromatic N) is 1. The van der Waals surface area contributed by atoms with Crippen molar-refractivity contribution in [2.24, 2.45) is 5.16 Å². The Kier molecular flexibility index (Phi) is 10.2. The molecule has 6 nitrogen and oxygen atoms in total. The van der Waals surface area contributed by atoms with E-state index in [0.29, 0.717) is 6.61 Å². The van der Waals surface area contributed by atoms with Gasteiger partial charge in [-0.25, -0.2) is 0 Å². The Morgan fingerprint density at radius 3 is 2.86 bits per heavy atom. The Balaban J connectivity index is 3.29.